The Morgan fingerprint density at radius 1 is 1.29 bits per heavy atom. The van der Waals surface area contributed by atoms with Crippen LogP contribution in [-0.2, 0) is 13.0 Å². The minimum Gasteiger partial charge on any atom is -0.496 e. The average Bonchev–Trinajstić information content (AvgIpc) is 2.45. The smallest absolute Gasteiger partial charge is 0.253 e. The molecule has 1 heterocycles. The van der Waals surface area contributed by atoms with E-state index in [1.807, 2.05) is 18.2 Å². The molecule has 112 valence electrons. The molecule has 21 heavy (non-hydrogen) atoms. The first-order valence-electron chi connectivity index (χ1n) is 6.36. The molecule has 1 aromatic heterocycles. The SMILES string of the molecule is COc1cccc(OC)c1CCn1c(N)cc(=O)[nH]c1=S. The Bertz CT molecular complexity index is 730. The first-order chi connectivity index (χ1) is 10.1. The number of benzene rings is 1. The lowest BCUT2D eigenvalue weighted by Gasteiger charge is -2.15. The summed E-state index contributed by atoms with van der Waals surface area (Å²) in [6.07, 6.45) is 0.609. The maximum absolute atomic E-state index is 11.3. The number of nitrogens with two attached hydrogens (primary N) is 1. The van der Waals surface area contributed by atoms with Crippen LogP contribution in [0.15, 0.2) is 29.1 Å². The number of nitrogens with one attached hydrogen (secondary N) is 1. The molecule has 0 radical (unpaired) electrons. The zero-order chi connectivity index (χ0) is 15.4. The monoisotopic (exact) mass is 307 g/mol. The fourth-order valence-electron chi connectivity index (χ4n) is 2.17. The van der Waals surface area contributed by atoms with E-state index in [-0.39, 0.29) is 5.56 Å². The Labute approximate surface area is 127 Å². The quantitative estimate of drug-likeness (QED) is 0.822. The highest BCUT2D eigenvalue weighted by Gasteiger charge is 2.10. The molecule has 3 N–H and O–H groups in total. The number of aromatic nitrogens is 2. The zero-order valence-corrected chi connectivity index (χ0v) is 12.7. The van der Waals surface area contributed by atoms with E-state index >= 15 is 0 Å². The molecule has 0 bridgehead atoms. The molecule has 2 aromatic rings. The van der Waals surface area contributed by atoms with Gasteiger partial charge in [-0.05, 0) is 30.8 Å². The Hall–Kier alpha value is -2.28. The average molecular weight is 307 g/mol. The van der Waals surface area contributed by atoms with Crippen LogP contribution in [-0.4, -0.2) is 23.8 Å². The lowest BCUT2D eigenvalue weighted by Crippen LogP contribution is -2.17. The van der Waals surface area contributed by atoms with Crippen LogP contribution in [0.4, 0.5) is 5.82 Å². The largest absolute Gasteiger partial charge is 0.496 e. The van der Waals surface area contributed by atoms with Crippen molar-refractivity contribution in [3.63, 3.8) is 0 Å². The summed E-state index contributed by atoms with van der Waals surface area (Å²) in [5.41, 5.74) is 6.47. The highest BCUT2D eigenvalue weighted by molar-refractivity contribution is 7.71. The lowest BCUT2D eigenvalue weighted by atomic mass is 10.1. The van der Waals surface area contributed by atoms with Crippen molar-refractivity contribution < 1.29 is 9.47 Å². The van der Waals surface area contributed by atoms with Gasteiger partial charge in [0.05, 0.1) is 14.2 Å². The van der Waals surface area contributed by atoms with Crippen LogP contribution >= 0.6 is 12.2 Å². The van der Waals surface area contributed by atoms with Crippen LogP contribution in [0.5, 0.6) is 11.5 Å². The topological polar surface area (TPSA) is 82.3 Å². The number of aromatic amines is 1. The molecule has 0 saturated carbocycles. The van der Waals surface area contributed by atoms with Gasteiger partial charge in [0.2, 0.25) is 0 Å². The normalized spacial score (nSPS) is 10.4. The van der Waals surface area contributed by atoms with Crippen molar-refractivity contribution in [1.29, 1.82) is 0 Å². The zero-order valence-electron chi connectivity index (χ0n) is 11.9. The van der Waals surface area contributed by atoms with Crippen molar-refractivity contribution in [3.8, 4) is 11.5 Å². The van der Waals surface area contributed by atoms with Gasteiger partial charge in [-0.1, -0.05) is 6.07 Å². The molecular weight excluding hydrogens is 290 g/mol. The van der Waals surface area contributed by atoms with Gasteiger partial charge in [0.1, 0.15) is 17.3 Å². The van der Waals surface area contributed by atoms with Crippen LogP contribution in [0, 0.1) is 4.77 Å². The second-order valence-electron chi connectivity index (χ2n) is 4.41. The Morgan fingerprint density at radius 3 is 2.43 bits per heavy atom. The Balaban J connectivity index is 2.33. The number of H-pyrrole nitrogens is 1. The van der Waals surface area contributed by atoms with E-state index in [1.54, 1.807) is 18.8 Å². The first-order valence-corrected chi connectivity index (χ1v) is 6.77. The highest BCUT2D eigenvalue weighted by Crippen LogP contribution is 2.29. The molecule has 2 rings (SSSR count). The Morgan fingerprint density at radius 2 is 1.90 bits per heavy atom. The lowest BCUT2D eigenvalue weighted by molar-refractivity contribution is 0.383. The molecule has 0 unspecified atom stereocenters. The van der Waals surface area contributed by atoms with E-state index in [0.29, 0.717) is 23.6 Å². The van der Waals surface area contributed by atoms with Crippen LogP contribution in [0.25, 0.3) is 0 Å². The number of nitrogens with zero attached hydrogens (tertiary/aromatic N) is 1. The van der Waals surface area contributed by atoms with Crippen molar-refractivity contribution >= 4 is 18.0 Å². The van der Waals surface area contributed by atoms with Crippen molar-refractivity contribution in [2.24, 2.45) is 0 Å². The number of rotatable bonds is 5. The van der Waals surface area contributed by atoms with Crippen LogP contribution in [0.2, 0.25) is 0 Å². The van der Waals surface area contributed by atoms with Gasteiger partial charge in [-0.25, -0.2) is 0 Å². The third kappa shape index (κ3) is 3.25. The molecule has 0 aliphatic heterocycles. The van der Waals surface area contributed by atoms with E-state index in [1.165, 1.54) is 6.07 Å². The van der Waals surface area contributed by atoms with Crippen molar-refractivity contribution in [2.45, 2.75) is 13.0 Å². The maximum Gasteiger partial charge on any atom is 0.253 e. The summed E-state index contributed by atoms with van der Waals surface area (Å²) in [7, 11) is 3.22. The van der Waals surface area contributed by atoms with Gasteiger partial charge < -0.3 is 19.8 Å². The molecule has 0 amide bonds. The molecule has 0 saturated heterocycles. The van der Waals surface area contributed by atoms with Crippen LogP contribution in [0.3, 0.4) is 0 Å². The number of hydrogen-bond acceptors (Lipinski definition) is 5. The number of hydrogen-bond donors (Lipinski definition) is 2. The van der Waals surface area contributed by atoms with E-state index in [4.69, 9.17) is 27.4 Å². The van der Waals surface area contributed by atoms with Gasteiger partial charge in [0, 0.05) is 18.2 Å². The molecular formula is C14H17N3O3S. The summed E-state index contributed by atoms with van der Waals surface area (Å²) < 4.78 is 12.7. The van der Waals surface area contributed by atoms with Crippen molar-refractivity contribution in [1.82, 2.24) is 9.55 Å². The van der Waals surface area contributed by atoms with Gasteiger partial charge in [0.25, 0.3) is 5.56 Å². The number of anilines is 1. The highest BCUT2D eigenvalue weighted by atomic mass is 32.1. The van der Waals surface area contributed by atoms with E-state index in [2.05, 4.69) is 4.98 Å². The standard InChI is InChI=1S/C14H17N3O3S/c1-19-10-4-3-5-11(20-2)9(10)6-7-17-12(15)8-13(18)16-14(17)21/h3-5,8H,6-7,15H2,1-2H3,(H,16,18,21). The minimum absolute atomic E-state index is 0.300. The second-order valence-corrected chi connectivity index (χ2v) is 4.79. The molecule has 0 aliphatic carbocycles. The fraction of sp³-hybridized carbons (Fsp3) is 0.286. The molecule has 0 fully saturated rings. The van der Waals surface area contributed by atoms with E-state index in [0.717, 1.165) is 17.1 Å². The minimum atomic E-state index is -0.302. The molecule has 6 nitrogen and oxygen atoms in total. The number of nitrogen functional groups attached to an aromatic ring is 1. The Kier molecular flexibility index (Phi) is 4.64. The predicted octanol–water partition coefficient (Wildman–Crippen LogP) is 1.75. The fourth-order valence-corrected chi connectivity index (χ4v) is 2.46. The first kappa shape index (κ1) is 15.1. The van der Waals surface area contributed by atoms with Gasteiger partial charge in [-0.3, -0.25) is 9.78 Å². The molecule has 1 aromatic carbocycles. The van der Waals surface area contributed by atoms with Crippen molar-refractivity contribution in [2.75, 3.05) is 20.0 Å². The molecule has 0 aliphatic rings. The van der Waals surface area contributed by atoms with E-state index < -0.39 is 0 Å². The van der Waals surface area contributed by atoms with E-state index in [9.17, 15) is 4.79 Å². The number of ether oxygens (including phenoxy) is 2. The summed E-state index contributed by atoms with van der Waals surface area (Å²) in [6.45, 7) is 0.512. The second kappa shape index (κ2) is 6.45. The molecule has 0 spiro atoms. The number of methoxy groups -OCH3 is 2. The summed E-state index contributed by atoms with van der Waals surface area (Å²) in [5.74, 6) is 1.81. The summed E-state index contributed by atoms with van der Waals surface area (Å²) in [4.78, 5) is 13.8. The molecule has 7 heteroatoms. The maximum atomic E-state index is 11.3. The summed E-state index contributed by atoms with van der Waals surface area (Å²) in [6, 6.07) is 6.91. The summed E-state index contributed by atoms with van der Waals surface area (Å²) >= 11 is 5.13. The third-order valence-corrected chi connectivity index (χ3v) is 3.50. The molecule has 0 atom stereocenters. The predicted molar refractivity (Wildman–Crippen MR) is 83.5 cm³/mol. The van der Waals surface area contributed by atoms with Gasteiger partial charge in [-0.2, -0.15) is 0 Å². The van der Waals surface area contributed by atoms with Gasteiger partial charge >= 0.3 is 0 Å². The third-order valence-electron chi connectivity index (χ3n) is 3.18. The van der Waals surface area contributed by atoms with Gasteiger partial charge in [0.15, 0.2) is 4.77 Å². The van der Waals surface area contributed by atoms with Crippen LogP contribution < -0.4 is 20.8 Å². The van der Waals surface area contributed by atoms with Crippen molar-refractivity contribution in [3.05, 3.63) is 45.0 Å². The van der Waals surface area contributed by atoms with Crippen LogP contribution in [0.1, 0.15) is 5.56 Å². The summed E-state index contributed by atoms with van der Waals surface area (Å²) in [5, 5.41) is 0. The van der Waals surface area contributed by atoms with Gasteiger partial charge in [-0.15, -0.1) is 0 Å².